The highest BCUT2D eigenvalue weighted by Crippen LogP contribution is 2.44. The van der Waals surface area contributed by atoms with Crippen molar-refractivity contribution in [1.82, 2.24) is 10.2 Å². The van der Waals surface area contributed by atoms with Crippen LogP contribution in [0.15, 0.2) is 0 Å². The summed E-state index contributed by atoms with van der Waals surface area (Å²) >= 11 is 2.24. The number of rotatable bonds is 0. The first-order chi connectivity index (χ1) is 6.86. The molecule has 1 aliphatic rings. The molecule has 1 aromatic rings. The first-order valence-corrected chi connectivity index (χ1v) is 6.17. The maximum atomic E-state index is 8.75. The van der Waals surface area contributed by atoms with Crippen molar-refractivity contribution in [3.05, 3.63) is 15.0 Å². The summed E-state index contributed by atoms with van der Waals surface area (Å²) < 4.78 is 9.73. The normalized spacial score (nSPS) is 28.4. The summed E-state index contributed by atoms with van der Waals surface area (Å²) in [7, 11) is 0. The van der Waals surface area contributed by atoms with Crippen molar-refractivity contribution >= 4 is 22.6 Å². The number of aromatic amines is 1. The van der Waals surface area contributed by atoms with E-state index in [9.17, 15) is 0 Å². The molecule has 3 heteroatoms. The summed E-state index contributed by atoms with van der Waals surface area (Å²) in [6, 6.07) is 0. The Kier molecular flexibility index (Phi) is 2.30. The SMILES string of the molecule is [2H]C1(C(C)(C)C)CCCc2[nH]nc(I)c21. The number of nitrogens with one attached hydrogen (secondary N) is 1. The van der Waals surface area contributed by atoms with Crippen LogP contribution in [0.25, 0.3) is 0 Å². The van der Waals surface area contributed by atoms with E-state index in [0.29, 0.717) is 0 Å². The van der Waals surface area contributed by atoms with Gasteiger partial charge in [0.25, 0.3) is 0 Å². The minimum atomic E-state index is -0.482. The molecular formula is C11H17IN2. The van der Waals surface area contributed by atoms with Crippen LogP contribution in [-0.4, -0.2) is 10.2 Å². The van der Waals surface area contributed by atoms with E-state index in [0.717, 1.165) is 28.5 Å². The summed E-state index contributed by atoms with van der Waals surface area (Å²) in [6.07, 6.45) is 3.08. The lowest BCUT2D eigenvalue weighted by Crippen LogP contribution is -2.23. The van der Waals surface area contributed by atoms with E-state index in [4.69, 9.17) is 1.37 Å². The van der Waals surface area contributed by atoms with Crippen LogP contribution in [0, 0.1) is 9.12 Å². The highest BCUT2D eigenvalue weighted by molar-refractivity contribution is 14.1. The maximum absolute atomic E-state index is 8.75. The van der Waals surface area contributed by atoms with Crippen LogP contribution in [0.1, 0.15) is 52.1 Å². The summed E-state index contributed by atoms with van der Waals surface area (Å²) in [4.78, 5) is 0. The van der Waals surface area contributed by atoms with E-state index >= 15 is 0 Å². The lowest BCUT2D eigenvalue weighted by atomic mass is 9.71. The molecule has 0 spiro atoms. The second-order valence-corrected chi connectivity index (χ2v) is 5.97. The molecule has 1 heterocycles. The van der Waals surface area contributed by atoms with Gasteiger partial charge in [-0.2, -0.15) is 5.10 Å². The number of hydrogen-bond donors (Lipinski definition) is 1. The lowest BCUT2D eigenvalue weighted by Gasteiger charge is -2.34. The van der Waals surface area contributed by atoms with Crippen LogP contribution in [0.2, 0.25) is 0 Å². The Bertz CT molecular complexity index is 380. The summed E-state index contributed by atoms with van der Waals surface area (Å²) in [5.74, 6) is -0.482. The molecule has 1 aromatic heterocycles. The molecule has 14 heavy (non-hydrogen) atoms. The molecule has 1 atom stereocenters. The third-order valence-electron chi connectivity index (χ3n) is 2.86. The van der Waals surface area contributed by atoms with Crippen molar-refractivity contribution in [1.29, 1.82) is 0 Å². The third kappa shape index (κ3) is 1.71. The smallest absolute Gasteiger partial charge is 0.126 e. The lowest BCUT2D eigenvalue weighted by molar-refractivity contribution is 0.288. The van der Waals surface area contributed by atoms with Crippen molar-refractivity contribution in [2.75, 3.05) is 0 Å². The van der Waals surface area contributed by atoms with Gasteiger partial charge in [-0.25, -0.2) is 0 Å². The fourth-order valence-electron chi connectivity index (χ4n) is 2.16. The first kappa shape index (κ1) is 9.19. The quantitative estimate of drug-likeness (QED) is 0.730. The van der Waals surface area contributed by atoms with Crippen LogP contribution >= 0.6 is 22.6 Å². The standard InChI is InChI=1S/C11H17IN2/c1-11(2,3)7-5-4-6-8-9(7)10(12)14-13-8/h7H,4-6H2,1-3H3,(H,13,14)/i7D. The van der Waals surface area contributed by atoms with Crippen molar-refractivity contribution in [2.24, 2.45) is 5.41 Å². The number of aryl methyl sites for hydroxylation is 1. The third-order valence-corrected chi connectivity index (χ3v) is 3.64. The molecule has 0 bridgehead atoms. The van der Waals surface area contributed by atoms with E-state index < -0.39 is 5.89 Å². The van der Waals surface area contributed by atoms with Crippen LogP contribution in [0.4, 0.5) is 0 Å². The second-order valence-electron chi connectivity index (χ2n) is 4.95. The number of halogens is 1. The Morgan fingerprint density at radius 2 is 2.29 bits per heavy atom. The van der Waals surface area contributed by atoms with Gasteiger partial charge >= 0.3 is 0 Å². The zero-order valence-corrected chi connectivity index (χ0v) is 11.1. The predicted molar refractivity (Wildman–Crippen MR) is 66.4 cm³/mol. The molecule has 1 unspecified atom stereocenters. The number of H-pyrrole nitrogens is 1. The topological polar surface area (TPSA) is 28.7 Å². The van der Waals surface area contributed by atoms with E-state index in [2.05, 4.69) is 53.6 Å². The average molecular weight is 305 g/mol. The molecule has 2 nitrogen and oxygen atoms in total. The summed E-state index contributed by atoms with van der Waals surface area (Å²) in [5.41, 5.74) is 2.28. The summed E-state index contributed by atoms with van der Waals surface area (Å²) in [6.45, 7) is 6.45. The largest absolute Gasteiger partial charge is 0.281 e. The zero-order chi connectivity index (χ0) is 11.3. The first-order valence-electron chi connectivity index (χ1n) is 5.59. The van der Waals surface area contributed by atoms with Gasteiger partial charge in [0.05, 0.1) is 0 Å². The van der Waals surface area contributed by atoms with E-state index in [1.807, 2.05) is 0 Å². The molecule has 1 N–H and O–H groups in total. The Labute approximate surface area is 100 Å². The Hall–Kier alpha value is -0.0600. The fourth-order valence-corrected chi connectivity index (χ4v) is 2.93. The molecule has 0 radical (unpaired) electrons. The van der Waals surface area contributed by atoms with Gasteiger partial charge in [0, 0.05) is 12.6 Å². The molecule has 0 saturated carbocycles. The molecular weight excluding hydrogens is 287 g/mol. The second kappa shape index (κ2) is 3.51. The Balaban J connectivity index is 2.58. The average Bonchev–Trinajstić information content (AvgIpc) is 2.47. The summed E-state index contributed by atoms with van der Waals surface area (Å²) in [5, 5.41) is 7.32. The monoisotopic (exact) mass is 305 g/mol. The van der Waals surface area contributed by atoms with E-state index in [-0.39, 0.29) is 5.41 Å². The van der Waals surface area contributed by atoms with Gasteiger partial charge in [-0.15, -0.1) is 0 Å². The van der Waals surface area contributed by atoms with Gasteiger partial charge in [0.15, 0.2) is 0 Å². The molecule has 0 aliphatic heterocycles. The minimum absolute atomic E-state index is 0.0357. The number of aromatic nitrogens is 2. The highest BCUT2D eigenvalue weighted by Gasteiger charge is 2.33. The Morgan fingerprint density at radius 3 is 2.93 bits per heavy atom. The molecule has 78 valence electrons. The maximum Gasteiger partial charge on any atom is 0.126 e. The zero-order valence-electron chi connectivity index (χ0n) is 9.95. The highest BCUT2D eigenvalue weighted by atomic mass is 127. The minimum Gasteiger partial charge on any atom is -0.281 e. The van der Waals surface area contributed by atoms with Gasteiger partial charge in [-0.1, -0.05) is 20.8 Å². The van der Waals surface area contributed by atoms with E-state index in [1.165, 1.54) is 5.69 Å². The molecule has 1 aliphatic carbocycles. The van der Waals surface area contributed by atoms with Gasteiger partial charge in [0.1, 0.15) is 3.70 Å². The Morgan fingerprint density at radius 1 is 1.57 bits per heavy atom. The van der Waals surface area contributed by atoms with Crippen molar-refractivity contribution in [3.63, 3.8) is 0 Å². The number of hydrogen-bond acceptors (Lipinski definition) is 1. The van der Waals surface area contributed by atoms with Crippen LogP contribution in [0.5, 0.6) is 0 Å². The van der Waals surface area contributed by atoms with E-state index in [1.54, 1.807) is 0 Å². The van der Waals surface area contributed by atoms with Crippen molar-refractivity contribution in [2.45, 2.75) is 45.9 Å². The number of nitrogens with zero attached hydrogens (tertiary/aromatic N) is 1. The van der Waals surface area contributed by atoms with Crippen LogP contribution < -0.4 is 0 Å². The van der Waals surface area contributed by atoms with Crippen LogP contribution in [0.3, 0.4) is 0 Å². The molecule has 0 saturated heterocycles. The van der Waals surface area contributed by atoms with Gasteiger partial charge in [-0.05, 0) is 53.2 Å². The molecule has 0 aromatic carbocycles. The molecule has 2 rings (SSSR count). The van der Waals surface area contributed by atoms with Gasteiger partial charge < -0.3 is 0 Å². The molecule has 0 amide bonds. The number of fused-ring (bicyclic) bond motifs is 1. The molecule has 0 fully saturated rings. The van der Waals surface area contributed by atoms with Crippen molar-refractivity contribution < 1.29 is 1.37 Å². The predicted octanol–water partition coefficient (Wildman–Crippen LogP) is 3.48. The fraction of sp³-hybridized carbons (Fsp3) is 0.727. The van der Waals surface area contributed by atoms with Gasteiger partial charge in [-0.3, -0.25) is 5.10 Å². The van der Waals surface area contributed by atoms with Crippen molar-refractivity contribution in [3.8, 4) is 0 Å². The van der Waals surface area contributed by atoms with Crippen LogP contribution in [-0.2, 0) is 6.42 Å². The van der Waals surface area contributed by atoms with Gasteiger partial charge in [0.2, 0.25) is 0 Å².